The van der Waals surface area contributed by atoms with E-state index in [1.54, 1.807) is 25.3 Å². The number of esters is 1. The predicted octanol–water partition coefficient (Wildman–Crippen LogP) is 4.30. The molecule has 27 heavy (non-hydrogen) atoms. The van der Waals surface area contributed by atoms with Crippen molar-refractivity contribution in [1.29, 1.82) is 0 Å². The molecule has 1 aromatic carbocycles. The maximum atomic E-state index is 12.6. The molecule has 2 saturated heterocycles. The minimum atomic E-state index is -0.277. The van der Waals surface area contributed by atoms with Gasteiger partial charge >= 0.3 is 5.97 Å². The lowest BCUT2D eigenvalue weighted by molar-refractivity contribution is 0.00737. The molecule has 1 unspecified atom stereocenters. The third-order valence-electron chi connectivity index (χ3n) is 5.81. The van der Waals surface area contributed by atoms with Crippen LogP contribution in [0.25, 0.3) is 0 Å². The Hall–Kier alpha value is -1.75. The van der Waals surface area contributed by atoms with Gasteiger partial charge in [0.15, 0.2) is 11.5 Å². The molecule has 2 atom stereocenters. The average molecular weight is 376 g/mol. The van der Waals surface area contributed by atoms with Gasteiger partial charge in [0.05, 0.1) is 25.9 Å². The summed E-state index contributed by atoms with van der Waals surface area (Å²) >= 11 is 0. The standard InChI is InChI=1S/C22H33NO4/c1-3-4-14-26-20-11-10-17(15-21(20)25-2)22(24)27-16-18-8-7-13-23-12-6-5-9-19(18)23/h10-11,15,18-19H,3-9,12-14,16H2,1-2H3/t18-,19?/m0/s1. The molecule has 0 saturated carbocycles. The van der Waals surface area contributed by atoms with Crippen molar-refractivity contribution in [2.45, 2.75) is 57.9 Å². The Bertz CT molecular complexity index is 616. The van der Waals surface area contributed by atoms with Crippen LogP contribution in [0.4, 0.5) is 0 Å². The first-order chi connectivity index (χ1) is 13.2. The number of rotatable bonds is 8. The zero-order valence-electron chi connectivity index (χ0n) is 16.7. The summed E-state index contributed by atoms with van der Waals surface area (Å²) in [7, 11) is 1.59. The zero-order chi connectivity index (χ0) is 19.1. The first-order valence-corrected chi connectivity index (χ1v) is 10.4. The molecule has 5 nitrogen and oxygen atoms in total. The average Bonchev–Trinajstić information content (AvgIpc) is 2.72. The summed E-state index contributed by atoms with van der Waals surface area (Å²) in [5, 5.41) is 0. The Kier molecular flexibility index (Phi) is 7.39. The summed E-state index contributed by atoms with van der Waals surface area (Å²) in [6.45, 7) is 5.68. The summed E-state index contributed by atoms with van der Waals surface area (Å²) in [5.74, 6) is 1.44. The summed E-state index contributed by atoms with van der Waals surface area (Å²) in [6.07, 6.45) is 8.26. The Morgan fingerprint density at radius 3 is 2.81 bits per heavy atom. The number of hydrogen-bond acceptors (Lipinski definition) is 5. The SMILES string of the molecule is CCCCOc1ccc(C(=O)OC[C@@H]2CCCN3CCCCC23)cc1OC. The monoisotopic (exact) mass is 375 g/mol. The number of methoxy groups -OCH3 is 1. The van der Waals surface area contributed by atoms with Crippen LogP contribution in [0.2, 0.25) is 0 Å². The van der Waals surface area contributed by atoms with E-state index in [0.29, 0.717) is 42.2 Å². The van der Waals surface area contributed by atoms with Crippen LogP contribution in [-0.2, 0) is 4.74 Å². The highest BCUT2D eigenvalue weighted by molar-refractivity contribution is 5.90. The topological polar surface area (TPSA) is 48.0 Å². The van der Waals surface area contributed by atoms with Crippen LogP contribution in [-0.4, -0.2) is 50.3 Å². The highest BCUT2D eigenvalue weighted by atomic mass is 16.5. The molecule has 3 rings (SSSR count). The highest BCUT2D eigenvalue weighted by Gasteiger charge is 2.33. The van der Waals surface area contributed by atoms with Crippen molar-refractivity contribution in [1.82, 2.24) is 4.90 Å². The van der Waals surface area contributed by atoms with Crippen molar-refractivity contribution in [2.75, 3.05) is 33.4 Å². The Morgan fingerprint density at radius 2 is 2.00 bits per heavy atom. The lowest BCUT2D eigenvalue weighted by Gasteiger charge is -2.44. The number of carbonyl (C=O) groups is 1. The van der Waals surface area contributed by atoms with Crippen molar-refractivity contribution in [3.8, 4) is 11.5 Å². The van der Waals surface area contributed by atoms with Gasteiger partial charge in [0.1, 0.15) is 0 Å². The Balaban J connectivity index is 1.57. The van der Waals surface area contributed by atoms with Gasteiger partial charge in [-0.3, -0.25) is 4.90 Å². The van der Waals surface area contributed by atoms with Gasteiger partial charge in [-0.15, -0.1) is 0 Å². The van der Waals surface area contributed by atoms with Gasteiger partial charge in [-0.2, -0.15) is 0 Å². The van der Waals surface area contributed by atoms with Gasteiger partial charge < -0.3 is 14.2 Å². The molecule has 0 aliphatic carbocycles. The fourth-order valence-electron chi connectivity index (χ4n) is 4.28. The van der Waals surface area contributed by atoms with Crippen molar-refractivity contribution in [3.63, 3.8) is 0 Å². The maximum absolute atomic E-state index is 12.6. The third kappa shape index (κ3) is 5.16. The quantitative estimate of drug-likeness (QED) is 0.501. The van der Waals surface area contributed by atoms with Crippen LogP contribution in [0, 0.1) is 5.92 Å². The number of fused-ring (bicyclic) bond motifs is 1. The van der Waals surface area contributed by atoms with Crippen LogP contribution < -0.4 is 9.47 Å². The zero-order valence-corrected chi connectivity index (χ0v) is 16.7. The van der Waals surface area contributed by atoms with Crippen LogP contribution in [0.15, 0.2) is 18.2 Å². The minimum Gasteiger partial charge on any atom is -0.493 e. The first kappa shape index (κ1) is 20.0. The lowest BCUT2D eigenvalue weighted by Crippen LogP contribution is -2.49. The first-order valence-electron chi connectivity index (χ1n) is 10.4. The third-order valence-corrected chi connectivity index (χ3v) is 5.81. The number of ether oxygens (including phenoxy) is 3. The summed E-state index contributed by atoms with van der Waals surface area (Å²) in [4.78, 5) is 15.1. The summed E-state index contributed by atoms with van der Waals surface area (Å²) in [5.41, 5.74) is 0.519. The molecule has 0 N–H and O–H groups in total. The minimum absolute atomic E-state index is 0.277. The van der Waals surface area contributed by atoms with Crippen LogP contribution in [0.5, 0.6) is 11.5 Å². The van der Waals surface area contributed by atoms with Gasteiger partial charge in [-0.1, -0.05) is 19.8 Å². The fraction of sp³-hybridized carbons (Fsp3) is 0.682. The number of piperidine rings is 2. The molecule has 2 fully saturated rings. The molecule has 0 bridgehead atoms. The molecule has 2 aliphatic heterocycles. The second-order valence-electron chi connectivity index (χ2n) is 7.67. The second kappa shape index (κ2) is 9.98. The molecule has 150 valence electrons. The van der Waals surface area contributed by atoms with E-state index in [2.05, 4.69) is 11.8 Å². The van der Waals surface area contributed by atoms with Gasteiger partial charge in [0.25, 0.3) is 0 Å². The second-order valence-corrected chi connectivity index (χ2v) is 7.67. The largest absolute Gasteiger partial charge is 0.493 e. The van der Waals surface area contributed by atoms with E-state index >= 15 is 0 Å². The molecule has 0 amide bonds. The van der Waals surface area contributed by atoms with Crippen molar-refractivity contribution in [3.05, 3.63) is 23.8 Å². The molecule has 2 aliphatic rings. The van der Waals surface area contributed by atoms with Crippen molar-refractivity contribution in [2.24, 2.45) is 5.92 Å². The van der Waals surface area contributed by atoms with E-state index in [1.165, 1.54) is 38.8 Å². The molecule has 1 aromatic rings. The fourth-order valence-corrected chi connectivity index (χ4v) is 4.28. The molecular weight excluding hydrogens is 342 g/mol. The van der Waals surface area contributed by atoms with Crippen molar-refractivity contribution >= 4 is 5.97 Å². The van der Waals surface area contributed by atoms with E-state index in [9.17, 15) is 4.79 Å². The molecule has 0 spiro atoms. The summed E-state index contributed by atoms with van der Waals surface area (Å²) < 4.78 is 16.8. The van der Waals surface area contributed by atoms with E-state index in [4.69, 9.17) is 14.2 Å². The van der Waals surface area contributed by atoms with E-state index < -0.39 is 0 Å². The van der Waals surface area contributed by atoms with Gasteiger partial charge in [-0.25, -0.2) is 4.79 Å². The Morgan fingerprint density at radius 1 is 1.15 bits per heavy atom. The van der Waals surface area contributed by atoms with Crippen LogP contribution >= 0.6 is 0 Å². The lowest BCUT2D eigenvalue weighted by atomic mass is 9.84. The predicted molar refractivity (Wildman–Crippen MR) is 106 cm³/mol. The van der Waals surface area contributed by atoms with Gasteiger partial charge in [0.2, 0.25) is 0 Å². The van der Waals surface area contributed by atoms with Crippen LogP contribution in [0.3, 0.4) is 0 Å². The smallest absolute Gasteiger partial charge is 0.338 e. The number of hydrogen-bond donors (Lipinski definition) is 0. The number of unbranched alkanes of at least 4 members (excludes halogenated alkanes) is 1. The number of carbonyl (C=O) groups excluding carboxylic acids is 1. The highest BCUT2D eigenvalue weighted by Crippen LogP contribution is 2.32. The van der Waals surface area contributed by atoms with Crippen LogP contribution in [0.1, 0.15) is 62.2 Å². The molecule has 0 radical (unpaired) electrons. The molecule has 0 aromatic heterocycles. The van der Waals surface area contributed by atoms with E-state index in [-0.39, 0.29) is 5.97 Å². The normalized spacial score (nSPS) is 22.7. The van der Waals surface area contributed by atoms with E-state index in [0.717, 1.165) is 19.3 Å². The Labute approximate surface area is 163 Å². The maximum Gasteiger partial charge on any atom is 0.338 e. The molecule has 2 heterocycles. The molecular formula is C22H33NO4. The van der Waals surface area contributed by atoms with Crippen molar-refractivity contribution < 1.29 is 19.0 Å². The summed E-state index contributed by atoms with van der Waals surface area (Å²) in [6, 6.07) is 5.87. The number of nitrogens with zero attached hydrogens (tertiary/aromatic N) is 1. The van der Waals surface area contributed by atoms with Gasteiger partial charge in [0, 0.05) is 12.0 Å². The van der Waals surface area contributed by atoms with Gasteiger partial charge in [-0.05, 0) is 63.4 Å². The van der Waals surface area contributed by atoms with E-state index in [1.807, 2.05) is 0 Å². The number of benzene rings is 1. The molecule has 5 heteroatoms.